The predicted molar refractivity (Wildman–Crippen MR) is 81.1 cm³/mol. The van der Waals surface area contributed by atoms with Crippen molar-refractivity contribution in [1.29, 1.82) is 0 Å². The van der Waals surface area contributed by atoms with Crippen molar-refractivity contribution in [2.45, 2.75) is 13.0 Å². The molecule has 2 aromatic carbocycles. The van der Waals surface area contributed by atoms with E-state index >= 15 is 0 Å². The lowest BCUT2D eigenvalue weighted by Crippen LogP contribution is -2.09. The SMILES string of the molecule is CC(OC(=O)c1ccc([N+](=O)[O-])cc1)c1ccc(Br)cc1. The number of hydrogen-bond acceptors (Lipinski definition) is 4. The number of rotatable bonds is 4. The Bertz CT molecular complexity index is 652. The van der Waals surface area contributed by atoms with Gasteiger partial charge in [0, 0.05) is 16.6 Å². The van der Waals surface area contributed by atoms with Gasteiger partial charge in [0.25, 0.3) is 5.69 Å². The molecule has 0 radical (unpaired) electrons. The van der Waals surface area contributed by atoms with E-state index in [-0.39, 0.29) is 11.3 Å². The summed E-state index contributed by atoms with van der Waals surface area (Å²) in [6, 6.07) is 12.8. The number of nitro benzene ring substituents is 1. The molecule has 0 aliphatic carbocycles. The largest absolute Gasteiger partial charge is 0.454 e. The third-order valence-corrected chi connectivity index (χ3v) is 3.47. The van der Waals surface area contributed by atoms with E-state index in [1.165, 1.54) is 24.3 Å². The molecule has 0 bridgehead atoms. The van der Waals surface area contributed by atoms with Crippen molar-refractivity contribution >= 4 is 27.6 Å². The maximum absolute atomic E-state index is 12.0. The van der Waals surface area contributed by atoms with E-state index < -0.39 is 17.0 Å². The molecule has 0 amide bonds. The van der Waals surface area contributed by atoms with Crippen LogP contribution in [0, 0.1) is 10.1 Å². The topological polar surface area (TPSA) is 69.4 Å². The summed E-state index contributed by atoms with van der Waals surface area (Å²) in [5.41, 5.74) is 1.09. The quantitative estimate of drug-likeness (QED) is 0.469. The molecule has 0 aromatic heterocycles. The van der Waals surface area contributed by atoms with Gasteiger partial charge in [0.05, 0.1) is 10.5 Å². The molecular weight excluding hydrogens is 338 g/mol. The van der Waals surface area contributed by atoms with E-state index in [9.17, 15) is 14.9 Å². The molecule has 0 spiro atoms. The van der Waals surface area contributed by atoms with Gasteiger partial charge in [-0.25, -0.2) is 4.79 Å². The highest BCUT2D eigenvalue weighted by atomic mass is 79.9. The number of carbonyl (C=O) groups excluding carboxylic acids is 1. The van der Waals surface area contributed by atoms with E-state index in [2.05, 4.69) is 15.9 Å². The van der Waals surface area contributed by atoms with Crippen molar-refractivity contribution in [2.75, 3.05) is 0 Å². The molecule has 6 heteroatoms. The molecule has 2 aromatic rings. The molecule has 0 aliphatic rings. The first-order chi connectivity index (χ1) is 9.97. The van der Waals surface area contributed by atoms with Crippen LogP contribution in [0.1, 0.15) is 28.9 Å². The number of carbonyl (C=O) groups is 1. The summed E-state index contributed by atoms with van der Waals surface area (Å²) in [5.74, 6) is -0.514. The van der Waals surface area contributed by atoms with Crippen LogP contribution in [0.3, 0.4) is 0 Å². The first-order valence-electron chi connectivity index (χ1n) is 6.18. The highest BCUT2D eigenvalue weighted by Crippen LogP contribution is 2.21. The second-order valence-corrected chi connectivity index (χ2v) is 5.32. The number of ether oxygens (including phenoxy) is 1. The van der Waals surface area contributed by atoms with Crippen LogP contribution < -0.4 is 0 Å². The maximum Gasteiger partial charge on any atom is 0.338 e. The smallest absolute Gasteiger partial charge is 0.338 e. The van der Waals surface area contributed by atoms with Gasteiger partial charge >= 0.3 is 5.97 Å². The van der Waals surface area contributed by atoms with Crippen LogP contribution in [-0.4, -0.2) is 10.9 Å². The van der Waals surface area contributed by atoms with Crippen molar-refractivity contribution in [1.82, 2.24) is 0 Å². The highest BCUT2D eigenvalue weighted by Gasteiger charge is 2.15. The molecule has 0 fully saturated rings. The van der Waals surface area contributed by atoms with Gasteiger partial charge in [-0.3, -0.25) is 10.1 Å². The average Bonchev–Trinajstić information content (AvgIpc) is 2.47. The van der Waals surface area contributed by atoms with Crippen LogP contribution in [0.5, 0.6) is 0 Å². The van der Waals surface area contributed by atoms with Crippen molar-refractivity contribution in [3.63, 3.8) is 0 Å². The first-order valence-corrected chi connectivity index (χ1v) is 6.97. The minimum absolute atomic E-state index is 0.0625. The van der Waals surface area contributed by atoms with Gasteiger partial charge in [0.2, 0.25) is 0 Å². The number of nitrogens with zero attached hydrogens (tertiary/aromatic N) is 1. The third kappa shape index (κ3) is 3.88. The summed E-state index contributed by atoms with van der Waals surface area (Å²) < 4.78 is 6.28. The van der Waals surface area contributed by atoms with Gasteiger partial charge in [-0.05, 0) is 36.8 Å². The molecule has 0 N–H and O–H groups in total. The molecule has 0 aliphatic heterocycles. The summed E-state index contributed by atoms with van der Waals surface area (Å²) in [4.78, 5) is 22.0. The molecule has 1 unspecified atom stereocenters. The van der Waals surface area contributed by atoms with E-state index in [0.29, 0.717) is 0 Å². The summed E-state index contributed by atoms with van der Waals surface area (Å²) in [5, 5.41) is 10.6. The molecule has 21 heavy (non-hydrogen) atoms. The highest BCUT2D eigenvalue weighted by molar-refractivity contribution is 9.10. The average molecular weight is 350 g/mol. The number of benzene rings is 2. The van der Waals surface area contributed by atoms with Crippen LogP contribution in [0.25, 0.3) is 0 Å². The Labute approximate surface area is 129 Å². The van der Waals surface area contributed by atoms with Crippen molar-refractivity contribution < 1.29 is 14.5 Å². The summed E-state index contributed by atoms with van der Waals surface area (Å²) in [6.45, 7) is 1.77. The van der Waals surface area contributed by atoms with Crippen molar-refractivity contribution in [3.05, 3.63) is 74.2 Å². The molecule has 2 rings (SSSR count). The minimum atomic E-state index is -0.514. The Morgan fingerprint density at radius 2 is 1.71 bits per heavy atom. The lowest BCUT2D eigenvalue weighted by Gasteiger charge is -2.13. The predicted octanol–water partition coefficient (Wildman–Crippen LogP) is 4.28. The van der Waals surface area contributed by atoms with Crippen molar-refractivity contribution in [3.8, 4) is 0 Å². The summed E-state index contributed by atoms with van der Waals surface area (Å²) >= 11 is 3.34. The van der Waals surface area contributed by atoms with E-state index in [1.807, 2.05) is 24.3 Å². The maximum atomic E-state index is 12.0. The number of halogens is 1. The van der Waals surface area contributed by atoms with Gasteiger partial charge < -0.3 is 4.74 Å². The zero-order valence-corrected chi connectivity index (χ0v) is 12.7. The Morgan fingerprint density at radius 3 is 2.24 bits per heavy atom. The van der Waals surface area contributed by atoms with Gasteiger partial charge in [-0.2, -0.15) is 0 Å². The second-order valence-electron chi connectivity index (χ2n) is 4.40. The fourth-order valence-electron chi connectivity index (χ4n) is 1.75. The Hall–Kier alpha value is -2.21. The fourth-order valence-corrected chi connectivity index (χ4v) is 2.01. The van der Waals surface area contributed by atoms with Gasteiger partial charge in [0.15, 0.2) is 0 Å². The number of hydrogen-bond donors (Lipinski definition) is 0. The van der Waals surface area contributed by atoms with E-state index in [0.717, 1.165) is 10.0 Å². The fraction of sp³-hybridized carbons (Fsp3) is 0.133. The standard InChI is InChI=1S/C15H12BrNO4/c1-10(11-2-6-13(16)7-3-11)21-15(18)12-4-8-14(9-5-12)17(19)20/h2-10H,1H3. The normalized spacial score (nSPS) is 11.7. The molecule has 0 saturated carbocycles. The van der Waals surface area contributed by atoms with Crippen LogP contribution >= 0.6 is 15.9 Å². The first kappa shape index (κ1) is 15.2. The Morgan fingerprint density at radius 1 is 1.14 bits per heavy atom. The zero-order valence-electron chi connectivity index (χ0n) is 11.2. The van der Waals surface area contributed by atoms with Crippen LogP contribution in [-0.2, 0) is 4.74 Å². The van der Waals surface area contributed by atoms with Crippen LogP contribution in [0.2, 0.25) is 0 Å². The van der Waals surface area contributed by atoms with Gasteiger partial charge in [-0.1, -0.05) is 28.1 Å². The molecule has 5 nitrogen and oxygen atoms in total. The van der Waals surface area contributed by atoms with E-state index in [4.69, 9.17) is 4.74 Å². The van der Waals surface area contributed by atoms with Gasteiger partial charge in [0.1, 0.15) is 6.10 Å². The Kier molecular flexibility index (Phi) is 4.70. The van der Waals surface area contributed by atoms with Crippen LogP contribution in [0.4, 0.5) is 5.69 Å². The Balaban J connectivity index is 2.06. The molecule has 0 saturated heterocycles. The molecule has 1 atom stereocenters. The van der Waals surface area contributed by atoms with Gasteiger partial charge in [-0.15, -0.1) is 0 Å². The van der Waals surface area contributed by atoms with Crippen LogP contribution in [0.15, 0.2) is 53.0 Å². The van der Waals surface area contributed by atoms with E-state index in [1.54, 1.807) is 6.92 Å². The lowest BCUT2D eigenvalue weighted by atomic mass is 10.1. The lowest BCUT2D eigenvalue weighted by molar-refractivity contribution is -0.384. The molecule has 108 valence electrons. The molecular formula is C15H12BrNO4. The zero-order chi connectivity index (χ0) is 15.4. The molecule has 0 heterocycles. The van der Waals surface area contributed by atoms with Crippen molar-refractivity contribution in [2.24, 2.45) is 0 Å². The third-order valence-electron chi connectivity index (χ3n) is 2.94. The minimum Gasteiger partial charge on any atom is -0.454 e. The summed E-state index contributed by atoms with van der Waals surface area (Å²) in [6.07, 6.45) is -0.402. The summed E-state index contributed by atoms with van der Waals surface area (Å²) in [7, 11) is 0. The number of esters is 1. The number of non-ortho nitro benzene ring substituents is 1. The monoisotopic (exact) mass is 349 g/mol. The number of nitro groups is 1. The second kappa shape index (κ2) is 6.49.